The topological polar surface area (TPSA) is 17.1 Å². The molecule has 1 rings (SSSR count). The highest BCUT2D eigenvalue weighted by Gasteiger charge is 2.27. The second-order valence-electron chi connectivity index (χ2n) is 4.08. The maximum Gasteiger partial charge on any atom is 0.169 e. The van der Waals surface area contributed by atoms with Crippen molar-refractivity contribution in [3.05, 3.63) is 29.8 Å². The van der Waals surface area contributed by atoms with Crippen LogP contribution in [0.4, 0.5) is 0 Å². The first-order valence-electron chi connectivity index (χ1n) is 4.76. The van der Waals surface area contributed by atoms with Gasteiger partial charge in [0.15, 0.2) is 5.78 Å². The lowest BCUT2D eigenvalue weighted by Gasteiger charge is -2.19. The van der Waals surface area contributed by atoms with Crippen molar-refractivity contribution < 1.29 is 4.79 Å². The Morgan fingerprint density at radius 2 is 2.13 bits per heavy atom. The molecule has 0 heterocycles. The lowest BCUT2D eigenvalue weighted by molar-refractivity contribution is 0.0862. The highest BCUT2D eigenvalue weighted by molar-refractivity contribution is 7.98. The zero-order valence-electron chi connectivity index (χ0n) is 9.21. The lowest BCUT2D eigenvalue weighted by Crippen LogP contribution is -2.26. The van der Waals surface area contributed by atoms with E-state index in [0.717, 1.165) is 10.5 Å². The molecule has 0 aliphatic carbocycles. The summed E-state index contributed by atoms with van der Waals surface area (Å²) in [5.74, 6) is 0.448. The van der Waals surface area contributed by atoms with E-state index in [-0.39, 0.29) is 5.78 Å². The van der Waals surface area contributed by atoms with Crippen molar-refractivity contribution >= 4 is 29.1 Å². The van der Waals surface area contributed by atoms with Gasteiger partial charge in [-0.2, -0.15) is 0 Å². The standard InChI is InChI=1S/C12H15ClOS/c1-12(2,8-13)11(14)9-5-4-6-10(7-9)15-3/h4-7H,8H2,1-3H3. The Kier molecular flexibility index (Phi) is 4.23. The van der Waals surface area contributed by atoms with Crippen LogP contribution in [0.15, 0.2) is 29.2 Å². The molecule has 0 spiro atoms. The molecule has 1 nitrogen and oxygen atoms in total. The summed E-state index contributed by atoms with van der Waals surface area (Å²) in [5.41, 5.74) is 0.256. The van der Waals surface area contributed by atoms with Crippen LogP contribution in [0, 0.1) is 5.41 Å². The third-order valence-corrected chi connectivity index (χ3v) is 3.67. The summed E-state index contributed by atoms with van der Waals surface area (Å²) < 4.78 is 0. The molecule has 82 valence electrons. The van der Waals surface area contributed by atoms with Crippen LogP contribution in [0.3, 0.4) is 0 Å². The molecular weight excluding hydrogens is 228 g/mol. The van der Waals surface area contributed by atoms with Crippen molar-refractivity contribution in [1.82, 2.24) is 0 Å². The Labute approximate surface area is 100 Å². The highest BCUT2D eigenvalue weighted by atomic mass is 35.5. The first kappa shape index (κ1) is 12.6. The Hall–Kier alpha value is -0.470. The molecule has 15 heavy (non-hydrogen) atoms. The minimum Gasteiger partial charge on any atom is -0.294 e. The number of hydrogen-bond donors (Lipinski definition) is 0. The number of benzene rings is 1. The number of thioether (sulfide) groups is 1. The van der Waals surface area contributed by atoms with E-state index in [1.54, 1.807) is 11.8 Å². The molecule has 0 fully saturated rings. The number of carbonyl (C=O) groups excluding carboxylic acids is 1. The fraction of sp³-hybridized carbons (Fsp3) is 0.417. The highest BCUT2D eigenvalue weighted by Crippen LogP contribution is 2.25. The number of carbonyl (C=O) groups is 1. The summed E-state index contributed by atoms with van der Waals surface area (Å²) in [4.78, 5) is 13.2. The van der Waals surface area contributed by atoms with E-state index in [9.17, 15) is 4.79 Å². The molecular formula is C12H15ClOS. The van der Waals surface area contributed by atoms with E-state index < -0.39 is 5.41 Å². The molecule has 0 aromatic heterocycles. The van der Waals surface area contributed by atoms with Gasteiger partial charge in [0.2, 0.25) is 0 Å². The summed E-state index contributed by atoms with van der Waals surface area (Å²) in [6, 6.07) is 7.66. The summed E-state index contributed by atoms with van der Waals surface area (Å²) in [6.07, 6.45) is 2.00. The maximum absolute atomic E-state index is 12.1. The molecule has 0 aliphatic rings. The second-order valence-corrected chi connectivity index (χ2v) is 5.23. The van der Waals surface area contributed by atoms with Gasteiger partial charge in [-0.25, -0.2) is 0 Å². The van der Waals surface area contributed by atoms with Gasteiger partial charge < -0.3 is 0 Å². The number of rotatable bonds is 4. The van der Waals surface area contributed by atoms with E-state index in [1.807, 2.05) is 44.4 Å². The van der Waals surface area contributed by atoms with Gasteiger partial charge in [-0.05, 0) is 18.4 Å². The van der Waals surface area contributed by atoms with Gasteiger partial charge in [0.25, 0.3) is 0 Å². The molecule has 0 saturated carbocycles. The van der Waals surface area contributed by atoms with Crippen molar-refractivity contribution in [2.24, 2.45) is 5.41 Å². The molecule has 0 aliphatic heterocycles. The maximum atomic E-state index is 12.1. The SMILES string of the molecule is CSc1cccc(C(=O)C(C)(C)CCl)c1. The van der Waals surface area contributed by atoms with Crippen molar-refractivity contribution in [3.8, 4) is 0 Å². The van der Waals surface area contributed by atoms with Gasteiger partial charge in [0.1, 0.15) is 0 Å². The van der Waals surface area contributed by atoms with E-state index in [0.29, 0.717) is 5.88 Å². The average molecular weight is 243 g/mol. The van der Waals surface area contributed by atoms with Gasteiger partial charge in [-0.1, -0.05) is 26.0 Å². The number of ketones is 1. The normalized spacial score (nSPS) is 11.5. The Balaban J connectivity index is 3.01. The van der Waals surface area contributed by atoms with Crippen LogP contribution in [-0.2, 0) is 0 Å². The molecule has 0 bridgehead atoms. The van der Waals surface area contributed by atoms with E-state index in [1.165, 1.54) is 0 Å². The van der Waals surface area contributed by atoms with Gasteiger partial charge in [-0.15, -0.1) is 23.4 Å². The molecule has 0 atom stereocenters. The van der Waals surface area contributed by atoms with Crippen molar-refractivity contribution in [3.63, 3.8) is 0 Å². The predicted molar refractivity (Wildman–Crippen MR) is 67.1 cm³/mol. The van der Waals surface area contributed by atoms with Crippen molar-refractivity contribution in [2.45, 2.75) is 18.7 Å². The molecule has 0 radical (unpaired) electrons. The van der Waals surface area contributed by atoms with E-state index in [2.05, 4.69) is 0 Å². The summed E-state index contributed by atoms with van der Waals surface area (Å²) >= 11 is 7.42. The second kappa shape index (κ2) is 5.04. The fourth-order valence-corrected chi connectivity index (χ4v) is 1.80. The van der Waals surface area contributed by atoms with E-state index in [4.69, 9.17) is 11.6 Å². The van der Waals surface area contributed by atoms with Crippen LogP contribution in [0.5, 0.6) is 0 Å². The minimum absolute atomic E-state index is 0.105. The Bertz CT molecular complexity index is 360. The first-order chi connectivity index (χ1) is 7.01. The Morgan fingerprint density at radius 3 is 2.67 bits per heavy atom. The largest absolute Gasteiger partial charge is 0.294 e. The zero-order chi connectivity index (χ0) is 11.5. The quantitative estimate of drug-likeness (QED) is 0.453. The molecule has 1 aromatic carbocycles. The first-order valence-corrected chi connectivity index (χ1v) is 6.52. The monoisotopic (exact) mass is 242 g/mol. The van der Waals surface area contributed by atoms with Crippen LogP contribution in [-0.4, -0.2) is 17.9 Å². The predicted octanol–water partition coefficient (Wildman–Crippen LogP) is 3.86. The van der Waals surface area contributed by atoms with Gasteiger partial charge in [0.05, 0.1) is 0 Å². The third-order valence-electron chi connectivity index (χ3n) is 2.28. The summed E-state index contributed by atoms with van der Waals surface area (Å²) in [6.45, 7) is 3.74. The number of hydrogen-bond acceptors (Lipinski definition) is 2. The fourth-order valence-electron chi connectivity index (χ4n) is 1.22. The van der Waals surface area contributed by atoms with Crippen LogP contribution in [0.1, 0.15) is 24.2 Å². The smallest absolute Gasteiger partial charge is 0.169 e. The van der Waals surface area contributed by atoms with Crippen molar-refractivity contribution in [1.29, 1.82) is 0 Å². The molecule has 3 heteroatoms. The minimum atomic E-state index is -0.488. The third kappa shape index (κ3) is 2.99. The van der Waals surface area contributed by atoms with Gasteiger partial charge in [-0.3, -0.25) is 4.79 Å². The van der Waals surface area contributed by atoms with Crippen LogP contribution < -0.4 is 0 Å². The summed E-state index contributed by atoms with van der Waals surface area (Å²) in [7, 11) is 0. The molecule has 0 N–H and O–H groups in total. The lowest BCUT2D eigenvalue weighted by atomic mass is 9.86. The van der Waals surface area contributed by atoms with Crippen LogP contribution in [0.25, 0.3) is 0 Å². The average Bonchev–Trinajstić information content (AvgIpc) is 2.28. The molecule has 0 amide bonds. The molecule has 0 unspecified atom stereocenters. The van der Waals surface area contributed by atoms with Crippen LogP contribution in [0.2, 0.25) is 0 Å². The van der Waals surface area contributed by atoms with Crippen LogP contribution >= 0.6 is 23.4 Å². The zero-order valence-corrected chi connectivity index (χ0v) is 10.8. The Morgan fingerprint density at radius 1 is 1.47 bits per heavy atom. The van der Waals surface area contributed by atoms with Gasteiger partial charge in [0, 0.05) is 21.8 Å². The number of Topliss-reactive ketones (excluding diaryl/α,β-unsaturated/α-hetero) is 1. The number of alkyl halides is 1. The molecule has 1 aromatic rings. The number of halogens is 1. The van der Waals surface area contributed by atoms with Gasteiger partial charge >= 0.3 is 0 Å². The molecule has 0 saturated heterocycles. The van der Waals surface area contributed by atoms with E-state index >= 15 is 0 Å². The summed E-state index contributed by atoms with van der Waals surface area (Å²) in [5, 5.41) is 0. The van der Waals surface area contributed by atoms with Crippen molar-refractivity contribution in [2.75, 3.05) is 12.1 Å².